The van der Waals surface area contributed by atoms with Crippen molar-refractivity contribution in [3.63, 3.8) is 0 Å². The van der Waals surface area contributed by atoms with Crippen LogP contribution in [-0.4, -0.2) is 0 Å². The first-order chi connectivity index (χ1) is 7.34. The lowest BCUT2D eigenvalue weighted by Crippen LogP contribution is -1.93. The second-order valence-electron chi connectivity index (χ2n) is 4.37. The number of unbranched alkanes of at least 4 members (excludes halogenated alkanes) is 4. The summed E-state index contributed by atoms with van der Waals surface area (Å²) >= 11 is 0. The summed E-state index contributed by atoms with van der Waals surface area (Å²) in [5, 5.41) is 0. The average Bonchev–Trinajstić information content (AvgIpc) is 2.30. The molecule has 0 aromatic heterocycles. The van der Waals surface area contributed by atoms with Crippen molar-refractivity contribution < 1.29 is 0 Å². The van der Waals surface area contributed by atoms with Gasteiger partial charge in [0, 0.05) is 0 Å². The summed E-state index contributed by atoms with van der Waals surface area (Å²) in [6.07, 6.45) is 7.78. The van der Waals surface area contributed by atoms with E-state index in [0.29, 0.717) is 5.92 Å². The van der Waals surface area contributed by atoms with E-state index in [1.165, 1.54) is 37.7 Å². The first-order valence-corrected chi connectivity index (χ1v) is 6.18. The molecule has 1 atom stereocenters. The molecule has 0 aliphatic rings. The molecular weight excluding hydrogens is 180 g/mol. The van der Waals surface area contributed by atoms with Crippen LogP contribution in [0.1, 0.15) is 56.9 Å². The molecule has 0 bridgehead atoms. The van der Waals surface area contributed by atoms with Gasteiger partial charge >= 0.3 is 0 Å². The zero-order chi connectivity index (χ0) is 10.9. The van der Waals surface area contributed by atoms with Gasteiger partial charge in [-0.25, -0.2) is 0 Å². The Morgan fingerprint density at radius 2 is 1.67 bits per heavy atom. The van der Waals surface area contributed by atoms with E-state index >= 15 is 0 Å². The maximum atomic E-state index is 3.87. The Hall–Kier alpha value is -0.780. The van der Waals surface area contributed by atoms with Crippen molar-refractivity contribution in [1.82, 2.24) is 0 Å². The van der Waals surface area contributed by atoms with Gasteiger partial charge in [-0.1, -0.05) is 76.3 Å². The third-order valence-corrected chi connectivity index (χ3v) is 3.01. The highest BCUT2D eigenvalue weighted by Gasteiger charge is 2.03. The summed E-state index contributed by atoms with van der Waals surface area (Å²) in [4.78, 5) is 0. The summed E-state index contributed by atoms with van der Waals surface area (Å²) in [5.41, 5.74) is 1.48. The Balaban J connectivity index is 2.16. The van der Waals surface area contributed by atoms with E-state index in [1.54, 1.807) is 0 Å². The Labute approximate surface area is 94.7 Å². The summed E-state index contributed by atoms with van der Waals surface area (Å²) in [6, 6.07) is 10.8. The molecule has 0 nitrogen and oxygen atoms in total. The fourth-order valence-electron chi connectivity index (χ4n) is 1.93. The van der Waals surface area contributed by atoms with E-state index in [0.717, 1.165) is 6.42 Å². The molecule has 1 aromatic carbocycles. The molecule has 0 aliphatic heterocycles. The minimum absolute atomic E-state index is 0.714. The van der Waals surface area contributed by atoms with E-state index in [4.69, 9.17) is 0 Å². The number of benzene rings is 1. The largest absolute Gasteiger partial charge is 0.0622 e. The fourth-order valence-corrected chi connectivity index (χ4v) is 1.93. The standard InChI is InChI=1S/C15H23/c1-3-4-5-6-8-11-14(2)15-12-9-7-10-13-15/h7,9-10,12-14H,1,3-6,8,11H2,2H3. The van der Waals surface area contributed by atoms with Gasteiger partial charge < -0.3 is 0 Å². The first-order valence-electron chi connectivity index (χ1n) is 6.18. The molecule has 0 saturated heterocycles. The third-order valence-electron chi connectivity index (χ3n) is 3.01. The van der Waals surface area contributed by atoms with Crippen LogP contribution in [-0.2, 0) is 0 Å². The Bertz CT molecular complexity index is 237. The molecular formula is C15H23. The maximum absolute atomic E-state index is 3.87. The molecule has 1 rings (SSSR count). The van der Waals surface area contributed by atoms with Crippen LogP contribution in [0.5, 0.6) is 0 Å². The fraction of sp³-hybridized carbons (Fsp3) is 0.533. The summed E-state index contributed by atoms with van der Waals surface area (Å²) in [7, 11) is 0. The van der Waals surface area contributed by atoms with E-state index in [-0.39, 0.29) is 0 Å². The molecule has 0 saturated carbocycles. The van der Waals surface area contributed by atoms with Crippen LogP contribution in [0.4, 0.5) is 0 Å². The van der Waals surface area contributed by atoms with Crippen LogP contribution in [0.25, 0.3) is 0 Å². The van der Waals surface area contributed by atoms with Gasteiger partial charge in [-0.05, 0) is 17.9 Å². The van der Waals surface area contributed by atoms with Crippen molar-refractivity contribution in [2.24, 2.45) is 0 Å². The Kier molecular flexibility index (Phi) is 6.15. The molecule has 0 amide bonds. The van der Waals surface area contributed by atoms with Crippen LogP contribution in [0.3, 0.4) is 0 Å². The molecule has 1 aromatic rings. The van der Waals surface area contributed by atoms with Gasteiger partial charge in [0.05, 0.1) is 0 Å². The van der Waals surface area contributed by atoms with E-state index in [1.807, 2.05) is 0 Å². The molecule has 1 unspecified atom stereocenters. The molecule has 0 fully saturated rings. The Morgan fingerprint density at radius 1 is 1.00 bits per heavy atom. The van der Waals surface area contributed by atoms with Gasteiger partial charge in [-0.3, -0.25) is 0 Å². The van der Waals surface area contributed by atoms with Crippen LogP contribution in [0, 0.1) is 6.92 Å². The Morgan fingerprint density at radius 3 is 2.33 bits per heavy atom. The first kappa shape index (κ1) is 12.3. The van der Waals surface area contributed by atoms with Crippen molar-refractivity contribution in [3.8, 4) is 0 Å². The predicted molar refractivity (Wildman–Crippen MR) is 67.9 cm³/mol. The molecule has 0 spiro atoms. The van der Waals surface area contributed by atoms with Gasteiger partial charge in [-0.15, -0.1) is 0 Å². The topological polar surface area (TPSA) is 0 Å². The molecule has 0 heteroatoms. The molecule has 1 radical (unpaired) electrons. The second kappa shape index (κ2) is 7.50. The highest BCUT2D eigenvalue weighted by atomic mass is 14.1. The molecule has 0 aliphatic carbocycles. The van der Waals surface area contributed by atoms with Crippen LogP contribution >= 0.6 is 0 Å². The summed E-state index contributed by atoms with van der Waals surface area (Å²) in [6.45, 7) is 6.20. The van der Waals surface area contributed by atoms with Crippen molar-refractivity contribution in [2.75, 3.05) is 0 Å². The lowest BCUT2D eigenvalue weighted by Gasteiger charge is -2.11. The molecule has 0 heterocycles. The minimum Gasteiger partial charge on any atom is -0.0622 e. The zero-order valence-electron chi connectivity index (χ0n) is 9.91. The monoisotopic (exact) mass is 203 g/mol. The quantitative estimate of drug-likeness (QED) is 0.549. The highest BCUT2D eigenvalue weighted by Crippen LogP contribution is 2.21. The lowest BCUT2D eigenvalue weighted by molar-refractivity contribution is 0.572. The summed E-state index contributed by atoms with van der Waals surface area (Å²) < 4.78 is 0. The smallest absolute Gasteiger partial charge is 0.0190 e. The predicted octanol–water partition coefficient (Wildman–Crippen LogP) is 4.96. The highest BCUT2D eigenvalue weighted by molar-refractivity contribution is 5.18. The maximum Gasteiger partial charge on any atom is -0.0190 e. The molecule has 83 valence electrons. The summed E-state index contributed by atoms with van der Waals surface area (Å²) in [5.74, 6) is 0.714. The number of rotatable bonds is 7. The van der Waals surface area contributed by atoms with Gasteiger partial charge in [-0.2, -0.15) is 0 Å². The lowest BCUT2D eigenvalue weighted by atomic mass is 9.95. The normalized spacial score (nSPS) is 12.7. The number of hydrogen-bond donors (Lipinski definition) is 0. The van der Waals surface area contributed by atoms with Crippen molar-refractivity contribution in [1.29, 1.82) is 0 Å². The zero-order valence-corrected chi connectivity index (χ0v) is 9.91. The van der Waals surface area contributed by atoms with E-state index < -0.39 is 0 Å². The van der Waals surface area contributed by atoms with E-state index in [9.17, 15) is 0 Å². The van der Waals surface area contributed by atoms with Crippen molar-refractivity contribution >= 4 is 0 Å². The van der Waals surface area contributed by atoms with Gasteiger partial charge in [0.2, 0.25) is 0 Å². The van der Waals surface area contributed by atoms with Crippen LogP contribution in [0.15, 0.2) is 30.3 Å². The third kappa shape index (κ3) is 5.01. The number of hydrogen-bond acceptors (Lipinski definition) is 0. The SMILES string of the molecule is [CH2]CCCCCCC(C)c1ccccc1. The van der Waals surface area contributed by atoms with Crippen LogP contribution in [0.2, 0.25) is 0 Å². The van der Waals surface area contributed by atoms with E-state index in [2.05, 4.69) is 44.2 Å². The molecule has 15 heavy (non-hydrogen) atoms. The minimum atomic E-state index is 0.714. The van der Waals surface area contributed by atoms with Gasteiger partial charge in [0.15, 0.2) is 0 Å². The van der Waals surface area contributed by atoms with Gasteiger partial charge in [0.1, 0.15) is 0 Å². The molecule has 0 N–H and O–H groups in total. The van der Waals surface area contributed by atoms with Crippen LogP contribution < -0.4 is 0 Å². The second-order valence-corrected chi connectivity index (χ2v) is 4.37. The average molecular weight is 203 g/mol. The van der Waals surface area contributed by atoms with Crippen molar-refractivity contribution in [3.05, 3.63) is 42.8 Å². The van der Waals surface area contributed by atoms with Crippen molar-refractivity contribution in [2.45, 2.75) is 51.4 Å². The van der Waals surface area contributed by atoms with Gasteiger partial charge in [0.25, 0.3) is 0 Å².